The first-order valence-electron chi connectivity index (χ1n) is 10.8. The number of benzene rings is 3. The van der Waals surface area contributed by atoms with Crippen molar-refractivity contribution in [3.8, 4) is 28.7 Å². The molecule has 3 aromatic carbocycles. The van der Waals surface area contributed by atoms with Gasteiger partial charge in [-0.3, -0.25) is 0 Å². The van der Waals surface area contributed by atoms with Crippen LogP contribution >= 0.6 is 0 Å². The number of hydrogen-bond acceptors (Lipinski definition) is 9. The summed E-state index contributed by atoms with van der Waals surface area (Å²) in [5, 5.41) is 0. The van der Waals surface area contributed by atoms with Crippen LogP contribution in [0.3, 0.4) is 0 Å². The molecule has 184 valence electrons. The maximum absolute atomic E-state index is 13.0. The Labute approximate surface area is 207 Å². The number of aliphatic imine (C=N–C) groups is 1. The summed E-state index contributed by atoms with van der Waals surface area (Å²) in [5.41, 5.74) is 1.30. The van der Waals surface area contributed by atoms with Crippen LogP contribution in [0.25, 0.3) is 6.08 Å². The van der Waals surface area contributed by atoms with Gasteiger partial charge < -0.3 is 28.4 Å². The number of ether oxygens (including phenoxy) is 6. The van der Waals surface area contributed by atoms with Gasteiger partial charge in [0.25, 0.3) is 0 Å². The third-order valence-electron chi connectivity index (χ3n) is 5.25. The number of carbonyl (C=O) groups excluding carboxylic acids is 2. The van der Waals surface area contributed by atoms with Crippen LogP contribution in [0.4, 0.5) is 0 Å². The Hall–Kier alpha value is -4.79. The number of carbonyl (C=O) groups is 2. The average molecular weight is 489 g/mol. The van der Waals surface area contributed by atoms with Crippen molar-refractivity contribution in [2.24, 2.45) is 4.99 Å². The van der Waals surface area contributed by atoms with E-state index in [1.807, 2.05) is 0 Å². The number of rotatable bonds is 8. The number of cyclic esters (lactones) is 1. The lowest BCUT2D eigenvalue weighted by Crippen LogP contribution is -2.10. The lowest BCUT2D eigenvalue weighted by atomic mass is 10.1. The largest absolute Gasteiger partial charge is 0.497 e. The fourth-order valence-corrected chi connectivity index (χ4v) is 3.49. The summed E-state index contributed by atoms with van der Waals surface area (Å²) < 4.78 is 32.1. The highest BCUT2D eigenvalue weighted by atomic mass is 16.6. The van der Waals surface area contributed by atoms with E-state index in [-0.39, 0.29) is 22.9 Å². The molecule has 0 N–H and O–H groups in total. The van der Waals surface area contributed by atoms with Crippen LogP contribution in [0.15, 0.2) is 71.4 Å². The molecule has 1 aliphatic heterocycles. The Morgan fingerprint density at radius 1 is 0.833 bits per heavy atom. The highest BCUT2D eigenvalue weighted by Crippen LogP contribution is 2.38. The van der Waals surface area contributed by atoms with Gasteiger partial charge in [-0.1, -0.05) is 24.3 Å². The summed E-state index contributed by atoms with van der Waals surface area (Å²) in [6, 6.07) is 16.7. The lowest BCUT2D eigenvalue weighted by Gasteiger charge is -2.14. The van der Waals surface area contributed by atoms with E-state index >= 15 is 0 Å². The molecule has 9 heteroatoms. The summed E-state index contributed by atoms with van der Waals surface area (Å²) in [5.74, 6) is 0.672. The van der Waals surface area contributed by atoms with Crippen molar-refractivity contribution in [1.82, 2.24) is 0 Å². The zero-order chi connectivity index (χ0) is 25.7. The predicted octanol–water partition coefficient (Wildman–Crippen LogP) is 4.28. The molecule has 0 spiro atoms. The van der Waals surface area contributed by atoms with Crippen molar-refractivity contribution in [3.05, 3.63) is 83.1 Å². The van der Waals surface area contributed by atoms with Crippen LogP contribution in [-0.4, -0.2) is 46.3 Å². The predicted molar refractivity (Wildman–Crippen MR) is 131 cm³/mol. The molecule has 0 amide bonds. The second-order valence-electron chi connectivity index (χ2n) is 7.41. The zero-order valence-electron chi connectivity index (χ0n) is 20.1. The fourth-order valence-electron chi connectivity index (χ4n) is 3.49. The Bertz CT molecular complexity index is 1350. The lowest BCUT2D eigenvalue weighted by molar-refractivity contribution is -0.129. The summed E-state index contributed by atoms with van der Waals surface area (Å²) in [7, 11) is 5.92. The van der Waals surface area contributed by atoms with E-state index in [9.17, 15) is 9.59 Å². The SMILES string of the molecule is COc1cccc(C2=NC(=Cc3ccccc3OC(=O)c3cc(OC)c(OC)c(OC)c3)C(=O)O2)c1. The van der Waals surface area contributed by atoms with Crippen molar-refractivity contribution in [3.63, 3.8) is 0 Å². The van der Waals surface area contributed by atoms with Crippen LogP contribution in [-0.2, 0) is 9.53 Å². The summed E-state index contributed by atoms with van der Waals surface area (Å²) >= 11 is 0. The first-order chi connectivity index (χ1) is 17.5. The summed E-state index contributed by atoms with van der Waals surface area (Å²) in [6.45, 7) is 0. The van der Waals surface area contributed by atoms with Crippen LogP contribution in [0.5, 0.6) is 28.7 Å². The summed E-state index contributed by atoms with van der Waals surface area (Å²) in [4.78, 5) is 29.8. The number of nitrogens with zero attached hydrogens (tertiary/aromatic N) is 1. The van der Waals surface area contributed by atoms with Crippen LogP contribution in [0.2, 0.25) is 0 Å². The van der Waals surface area contributed by atoms with E-state index in [0.717, 1.165) is 0 Å². The van der Waals surface area contributed by atoms with Crippen molar-refractivity contribution in [2.75, 3.05) is 28.4 Å². The molecule has 4 rings (SSSR count). The first-order valence-corrected chi connectivity index (χ1v) is 10.8. The monoisotopic (exact) mass is 489 g/mol. The van der Waals surface area contributed by atoms with Gasteiger partial charge in [0, 0.05) is 11.1 Å². The molecule has 0 atom stereocenters. The molecule has 0 saturated carbocycles. The molecule has 0 unspecified atom stereocenters. The zero-order valence-corrected chi connectivity index (χ0v) is 20.1. The Morgan fingerprint density at radius 2 is 1.56 bits per heavy atom. The molecule has 0 bridgehead atoms. The third kappa shape index (κ3) is 5.00. The van der Waals surface area contributed by atoms with Gasteiger partial charge in [0.15, 0.2) is 17.2 Å². The highest BCUT2D eigenvalue weighted by Gasteiger charge is 2.25. The third-order valence-corrected chi connectivity index (χ3v) is 5.25. The number of hydrogen-bond donors (Lipinski definition) is 0. The standard InChI is InChI=1S/C27H23NO8/c1-31-19-10-7-9-17(12-19)25-28-20(27(30)36-25)13-16-8-5-6-11-21(16)35-26(29)18-14-22(32-2)24(34-4)23(15-18)33-3/h5-15H,1-4H3. The molecule has 0 aromatic heterocycles. The molecule has 0 aliphatic carbocycles. The van der Waals surface area contributed by atoms with E-state index in [1.165, 1.54) is 39.5 Å². The normalized spacial score (nSPS) is 13.6. The van der Waals surface area contributed by atoms with Crippen molar-refractivity contribution < 1.29 is 38.0 Å². The minimum absolute atomic E-state index is 0.0594. The molecule has 1 aliphatic rings. The van der Waals surface area contributed by atoms with Crippen molar-refractivity contribution >= 4 is 23.9 Å². The van der Waals surface area contributed by atoms with Crippen LogP contribution in [0, 0.1) is 0 Å². The minimum atomic E-state index is -0.658. The van der Waals surface area contributed by atoms with E-state index in [0.29, 0.717) is 34.1 Å². The molecule has 0 saturated heterocycles. The Morgan fingerprint density at radius 3 is 2.22 bits per heavy atom. The van der Waals surface area contributed by atoms with E-state index in [4.69, 9.17) is 28.4 Å². The second-order valence-corrected chi connectivity index (χ2v) is 7.41. The van der Waals surface area contributed by atoms with Crippen LogP contribution < -0.4 is 23.7 Å². The number of methoxy groups -OCH3 is 4. The van der Waals surface area contributed by atoms with Gasteiger partial charge in [0.1, 0.15) is 11.5 Å². The summed E-state index contributed by atoms with van der Waals surface area (Å²) in [6.07, 6.45) is 1.49. The molecule has 36 heavy (non-hydrogen) atoms. The maximum atomic E-state index is 13.0. The molecular formula is C27H23NO8. The van der Waals surface area contributed by atoms with Gasteiger partial charge in [0.05, 0.1) is 34.0 Å². The minimum Gasteiger partial charge on any atom is -0.497 e. The number of esters is 2. The Balaban J connectivity index is 1.63. The van der Waals surface area contributed by atoms with Gasteiger partial charge in [-0.25, -0.2) is 14.6 Å². The quantitative estimate of drug-likeness (QED) is 0.262. The van der Waals surface area contributed by atoms with Gasteiger partial charge in [-0.05, 0) is 42.5 Å². The highest BCUT2D eigenvalue weighted by molar-refractivity contribution is 6.13. The van der Waals surface area contributed by atoms with Gasteiger partial charge in [-0.15, -0.1) is 0 Å². The maximum Gasteiger partial charge on any atom is 0.363 e. The van der Waals surface area contributed by atoms with Crippen LogP contribution in [0.1, 0.15) is 21.5 Å². The molecule has 1 heterocycles. The Kier molecular flexibility index (Phi) is 7.20. The van der Waals surface area contributed by atoms with Crippen molar-refractivity contribution in [1.29, 1.82) is 0 Å². The van der Waals surface area contributed by atoms with Gasteiger partial charge >= 0.3 is 11.9 Å². The smallest absolute Gasteiger partial charge is 0.363 e. The first kappa shape index (κ1) is 24.3. The van der Waals surface area contributed by atoms with E-state index < -0.39 is 11.9 Å². The second kappa shape index (κ2) is 10.6. The van der Waals surface area contributed by atoms with Gasteiger partial charge in [0.2, 0.25) is 11.6 Å². The van der Waals surface area contributed by atoms with Crippen molar-refractivity contribution in [2.45, 2.75) is 0 Å². The molecule has 3 aromatic rings. The molecule has 0 radical (unpaired) electrons. The molecule has 9 nitrogen and oxygen atoms in total. The number of para-hydroxylation sites is 1. The van der Waals surface area contributed by atoms with Gasteiger partial charge in [-0.2, -0.15) is 0 Å². The average Bonchev–Trinajstić information content (AvgIpc) is 3.28. The van der Waals surface area contributed by atoms with E-state index in [1.54, 1.807) is 55.6 Å². The fraction of sp³-hybridized carbons (Fsp3) is 0.148. The molecular weight excluding hydrogens is 466 g/mol. The topological polar surface area (TPSA) is 102 Å². The van der Waals surface area contributed by atoms with E-state index in [2.05, 4.69) is 4.99 Å². The molecule has 0 fully saturated rings.